The molecule has 0 N–H and O–H groups in total. The van der Waals surface area contributed by atoms with Gasteiger partial charge < -0.3 is 18.9 Å². The molecule has 0 unspecified atom stereocenters. The predicted octanol–water partition coefficient (Wildman–Crippen LogP) is 2.77. The number of hydrogen-bond donors (Lipinski definition) is 0. The Labute approximate surface area is 137 Å². The molecule has 2 heterocycles. The fourth-order valence-corrected chi connectivity index (χ4v) is 2.50. The SMILES string of the molecule is COc1cc(/C=C2\N=C(c3ccccc3)OC2=O)cc2c1OCO2. The lowest BCUT2D eigenvalue weighted by molar-refractivity contribution is -0.129. The zero-order chi connectivity index (χ0) is 16.5. The maximum Gasteiger partial charge on any atom is 0.363 e. The first-order chi connectivity index (χ1) is 11.7. The molecule has 0 fully saturated rings. The van der Waals surface area contributed by atoms with Crippen molar-refractivity contribution < 1.29 is 23.7 Å². The van der Waals surface area contributed by atoms with Gasteiger partial charge in [-0.3, -0.25) is 0 Å². The molecule has 120 valence electrons. The van der Waals surface area contributed by atoms with Crippen molar-refractivity contribution in [2.24, 2.45) is 4.99 Å². The average molecular weight is 323 g/mol. The first-order valence-corrected chi connectivity index (χ1v) is 7.30. The fraction of sp³-hybridized carbons (Fsp3) is 0.111. The molecule has 0 atom stereocenters. The van der Waals surface area contributed by atoms with Crippen LogP contribution in [0.2, 0.25) is 0 Å². The third-order valence-electron chi connectivity index (χ3n) is 3.63. The van der Waals surface area contributed by atoms with Crippen LogP contribution < -0.4 is 14.2 Å². The van der Waals surface area contributed by atoms with Gasteiger partial charge in [-0.15, -0.1) is 0 Å². The number of carbonyl (C=O) groups is 1. The van der Waals surface area contributed by atoms with Crippen LogP contribution in [0.15, 0.2) is 53.2 Å². The van der Waals surface area contributed by atoms with Crippen molar-refractivity contribution in [3.63, 3.8) is 0 Å². The highest BCUT2D eigenvalue weighted by molar-refractivity contribution is 6.12. The lowest BCUT2D eigenvalue weighted by atomic mass is 10.1. The summed E-state index contributed by atoms with van der Waals surface area (Å²) in [5.74, 6) is 1.46. The Morgan fingerprint density at radius 3 is 2.79 bits per heavy atom. The van der Waals surface area contributed by atoms with E-state index in [0.717, 1.165) is 5.56 Å². The van der Waals surface area contributed by atoms with E-state index in [0.29, 0.717) is 28.7 Å². The topological polar surface area (TPSA) is 66.4 Å². The zero-order valence-corrected chi connectivity index (χ0v) is 12.8. The summed E-state index contributed by atoms with van der Waals surface area (Å²) in [5, 5.41) is 0. The van der Waals surface area contributed by atoms with E-state index in [1.54, 1.807) is 25.3 Å². The summed E-state index contributed by atoms with van der Waals surface area (Å²) < 4.78 is 21.3. The van der Waals surface area contributed by atoms with Crippen LogP contribution in [0, 0.1) is 0 Å². The Hall–Kier alpha value is -3.28. The van der Waals surface area contributed by atoms with E-state index >= 15 is 0 Å². The summed E-state index contributed by atoms with van der Waals surface area (Å²) in [7, 11) is 1.55. The van der Waals surface area contributed by atoms with Crippen LogP contribution >= 0.6 is 0 Å². The van der Waals surface area contributed by atoms with Gasteiger partial charge in [0.2, 0.25) is 18.4 Å². The Morgan fingerprint density at radius 1 is 1.17 bits per heavy atom. The molecular weight excluding hydrogens is 310 g/mol. The summed E-state index contributed by atoms with van der Waals surface area (Å²) in [6.07, 6.45) is 1.63. The van der Waals surface area contributed by atoms with Crippen molar-refractivity contribution in [2.45, 2.75) is 0 Å². The van der Waals surface area contributed by atoms with Gasteiger partial charge >= 0.3 is 5.97 Å². The number of rotatable bonds is 3. The molecule has 6 heteroatoms. The van der Waals surface area contributed by atoms with Gasteiger partial charge in [-0.2, -0.15) is 0 Å². The minimum absolute atomic E-state index is 0.143. The molecular formula is C18H13NO5. The first kappa shape index (κ1) is 14.3. The molecule has 24 heavy (non-hydrogen) atoms. The summed E-state index contributed by atoms with van der Waals surface area (Å²) in [6.45, 7) is 0.143. The average Bonchev–Trinajstić information content (AvgIpc) is 3.22. The number of cyclic esters (lactones) is 1. The van der Waals surface area contributed by atoms with Crippen LogP contribution in [0.3, 0.4) is 0 Å². The molecule has 4 rings (SSSR count). The molecule has 0 amide bonds. The summed E-state index contributed by atoms with van der Waals surface area (Å²) in [4.78, 5) is 16.3. The summed E-state index contributed by atoms with van der Waals surface area (Å²) >= 11 is 0. The number of carbonyl (C=O) groups excluding carboxylic acids is 1. The quantitative estimate of drug-likeness (QED) is 0.642. The van der Waals surface area contributed by atoms with Crippen LogP contribution in [0.5, 0.6) is 17.2 Å². The molecule has 0 saturated carbocycles. The highest BCUT2D eigenvalue weighted by Crippen LogP contribution is 2.42. The van der Waals surface area contributed by atoms with E-state index in [4.69, 9.17) is 18.9 Å². The molecule has 2 aliphatic rings. The van der Waals surface area contributed by atoms with Crippen molar-refractivity contribution in [3.05, 3.63) is 59.3 Å². The summed E-state index contributed by atoms with van der Waals surface area (Å²) in [5.41, 5.74) is 1.67. The van der Waals surface area contributed by atoms with Gasteiger partial charge in [0.1, 0.15) is 0 Å². The number of ether oxygens (including phenoxy) is 4. The summed E-state index contributed by atoms with van der Waals surface area (Å²) in [6, 6.07) is 12.8. The fourth-order valence-electron chi connectivity index (χ4n) is 2.50. The number of esters is 1. The van der Waals surface area contributed by atoms with Crippen LogP contribution in [0.25, 0.3) is 6.08 Å². The predicted molar refractivity (Wildman–Crippen MR) is 86.2 cm³/mol. The van der Waals surface area contributed by atoms with Crippen molar-refractivity contribution in [1.29, 1.82) is 0 Å². The maximum absolute atomic E-state index is 12.1. The number of hydrogen-bond acceptors (Lipinski definition) is 6. The lowest BCUT2D eigenvalue weighted by Crippen LogP contribution is -2.04. The number of methoxy groups -OCH3 is 1. The Morgan fingerprint density at radius 2 is 2.00 bits per heavy atom. The van der Waals surface area contributed by atoms with Gasteiger partial charge in [-0.1, -0.05) is 18.2 Å². The normalized spacial score (nSPS) is 17.0. The van der Waals surface area contributed by atoms with Gasteiger partial charge in [0, 0.05) is 5.56 Å². The number of aliphatic imine (C=N–C) groups is 1. The van der Waals surface area contributed by atoms with Crippen molar-refractivity contribution in [2.75, 3.05) is 13.9 Å². The molecule has 2 aliphatic heterocycles. The van der Waals surface area contributed by atoms with E-state index < -0.39 is 5.97 Å². The monoisotopic (exact) mass is 323 g/mol. The van der Waals surface area contributed by atoms with Gasteiger partial charge in [0.05, 0.1) is 7.11 Å². The van der Waals surface area contributed by atoms with Crippen LogP contribution in [0.1, 0.15) is 11.1 Å². The second-order valence-electron chi connectivity index (χ2n) is 5.16. The first-order valence-electron chi connectivity index (χ1n) is 7.30. The minimum Gasteiger partial charge on any atom is -0.493 e. The van der Waals surface area contributed by atoms with E-state index in [9.17, 15) is 4.79 Å². The second-order valence-corrected chi connectivity index (χ2v) is 5.16. The van der Waals surface area contributed by atoms with Gasteiger partial charge in [0.15, 0.2) is 17.2 Å². The van der Waals surface area contributed by atoms with Gasteiger partial charge in [-0.25, -0.2) is 9.79 Å². The highest BCUT2D eigenvalue weighted by Gasteiger charge is 2.25. The van der Waals surface area contributed by atoms with Crippen molar-refractivity contribution >= 4 is 17.9 Å². The Balaban J connectivity index is 1.71. The Kier molecular flexibility index (Phi) is 3.42. The lowest BCUT2D eigenvalue weighted by Gasteiger charge is -2.05. The van der Waals surface area contributed by atoms with Crippen LogP contribution in [0.4, 0.5) is 0 Å². The Bertz CT molecular complexity index is 870. The zero-order valence-electron chi connectivity index (χ0n) is 12.8. The van der Waals surface area contributed by atoms with Crippen molar-refractivity contribution in [1.82, 2.24) is 0 Å². The van der Waals surface area contributed by atoms with Crippen LogP contribution in [-0.4, -0.2) is 25.8 Å². The number of fused-ring (bicyclic) bond motifs is 1. The minimum atomic E-state index is -0.495. The highest BCUT2D eigenvalue weighted by atomic mass is 16.7. The molecule has 6 nitrogen and oxygen atoms in total. The second kappa shape index (κ2) is 5.73. The standard InChI is InChI=1S/C18H13NO5/c1-21-14-8-11(9-15-16(14)23-10-22-15)7-13-18(20)24-17(19-13)12-5-3-2-4-6-12/h2-9H,10H2,1H3/b13-7-. The maximum atomic E-state index is 12.1. The molecule has 2 aromatic carbocycles. The largest absolute Gasteiger partial charge is 0.493 e. The number of benzene rings is 2. The number of nitrogens with zero attached hydrogens (tertiary/aromatic N) is 1. The van der Waals surface area contributed by atoms with Gasteiger partial charge in [-0.05, 0) is 35.9 Å². The van der Waals surface area contributed by atoms with E-state index in [2.05, 4.69) is 4.99 Å². The van der Waals surface area contributed by atoms with E-state index in [-0.39, 0.29) is 12.5 Å². The van der Waals surface area contributed by atoms with Gasteiger partial charge in [0.25, 0.3) is 0 Å². The molecule has 0 bridgehead atoms. The molecule has 2 aromatic rings. The van der Waals surface area contributed by atoms with Crippen LogP contribution in [-0.2, 0) is 9.53 Å². The molecule has 0 radical (unpaired) electrons. The smallest absolute Gasteiger partial charge is 0.363 e. The van der Waals surface area contributed by atoms with Crippen molar-refractivity contribution in [3.8, 4) is 17.2 Å². The molecule has 0 spiro atoms. The molecule has 0 saturated heterocycles. The third-order valence-corrected chi connectivity index (χ3v) is 3.63. The molecule has 0 aromatic heterocycles. The van der Waals surface area contributed by atoms with E-state index in [1.165, 1.54) is 0 Å². The van der Waals surface area contributed by atoms with E-state index in [1.807, 2.05) is 30.3 Å². The molecule has 0 aliphatic carbocycles. The third kappa shape index (κ3) is 2.48.